The molecule has 0 unspecified atom stereocenters. The topological polar surface area (TPSA) is 43.4 Å². The third kappa shape index (κ3) is 16.5. The van der Waals surface area contributed by atoms with E-state index in [1.807, 2.05) is 6.07 Å². The fourth-order valence-electron chi connectivity index (χ4n) is 3.63. The van der Waals surface area contributed by atoms with E-state index in [2.05, 4.69) is 19.1 Å². The largest absolute Gasteiger partial charge is 0.457 e. The van der Waals surface area contributed by atoms with Crippen LogP contribution >= 0.6 is 0 Å². The van der Waals surface area contributed by atoms with Crippen molar-refractivity contribution in [2.75, 3.05) is 6.61 Å². The predicted molar refractivity (Wildman–Crippen MR) is 130 cm³/mol. The number of Topliss-reactive ketones (excluding diaryl/α,β-unsaturated/α-hetero) is 1. The summed E-state index contributed by atoms with van der Waals surface area (Å²) < 4.78 is 5.07. The molecule has 0 aliphatic rings. The normalized spacial score (nSPS) is 11.1. The molecule has 0 bridgehead atoms. The summed E-state index contributed by atoms with van der Waals surface area (Å²) in [6.07, 6.45) is 24.1. The Morgan fingerprint density at radius 3 is 1.81 bits per heavy atom. The Morgan fingerprint density at radius 1 is 0.710 bits per heavy atom. The van der Waals surface area contributed by atoms with Crippen LogP contribution in [-0.4, -0.2) is 18.4 Å². The lowest BCUT2D eigenvalue weighted by molar-refractivity contribution is -0.142. The van der Waals surface area contributed by atoms with Crippen molar-refractivity contribution < 1.29 is 14.3 Å². The van der Waals surface area contributed by atoms with Gasteiger partial charge in [-0.25, -0.2) is 0 Å². The van der Waals surface area contributed by atoms with Gasteiger partial charge in [0.25, 0.3) is 0 Å². The standard InChI is InChI=1S/C28H44O3/c1-2-3-4-5-6-7-8-9-10-11-12-13-14-15-16-17-21-24-28(30)31-25-27(29)26-22-19-18-20-23-26/h15-16,18-20,22-23H,2-14,17,21,24-25H2,1H3/b16-15+. The fourth-order valence-corrected chi connectivity index (χ4v) is 3.63. The molecular formula is C28H44O3. The van der Waals surface area contributed by atoms with E-state index in [-0.39, 0.29) is 18.4 Å². The number of carbonyl (C=O) groups excluding carboxylic acids is 2. The first-order valence-corrected chi connectivity index (χ1v) is 12.6. The maximum atomic E-state index is 11.9. The molecular weight excluding hydrogens is 384 g/mol. The van der Waals surface area contributed by atoms with Gasteiger partial charge in [0.05, 0.1) is 0 Å². The highest BCUT2D eigenvalue weighted by Crippen LogP contribution is 2.12. The Bertz CT molecular complexity index is 592. The van der Waals surface area contributed by atoms with Crippen molar-refractivity contribution in [3.63, 3.8) is 0 Å². The quantitative estimate of drug-likeness (QED) is 0.0909. The van der Waals surface area contributed by atoms with Crippen molar-refractivity contribution in [2.24, 2.45) is 0 Å². The summed E-state index contributed by atoms with van der Waals surface area (Å²) in [6.45, 7) is 2.10. The molecule has 0 aliphatic carbocycles. The Kier molecular flexibility index (Phi) is 17.5. The minimum Gasteiger partial charge on any atom is -0.457 e. The van der Waals surface area contributed by atoms with Crippen molar-refractivity contribution in [2.45, 2.75) is 110 Å². The number of rotatable bonds is 20. The van der Waals surface area contributed by atoms with Crippen LogP contribution in [-0.2, 0) is 9.53 Å². The maximum absolute atomic E-state index is 11.9. The third-order valence-corrected chi connectivity index (χ3v) is 5.60. The number of esters is 1. The van der Waals surface area contributed by atoms with Gasteiger partial charge in [-0.05, 0) is 25.7 Å². The molecule has 3 nitrogen and oxygen atoms in total. The molecule has 0 fully saturated rings. The Morgan fingerprint density at radius 2 is 1.23 bits per heavy atom. The van der Waals surface area contributed by atoms with Gasteiger partial charge in [-0.15, -0.1) is 0 Å². The zero-order chi connectivity index (χ0) is 22.4. The Labute approximate surface area is 190 Å². The molecule has 31 heavy (non-hydrogen) atoms. The minimum absolute atomic E-state index is 0.156. The van der Waals surface area contributed by atoms with Gasteiger partial charge in [0.1, 0.15) is 0 Å². The molecule has 1 aromatic carbocycles. The average Bonchev–Trinajstić information content (AvgIpc) is 2.80. The zero-order valence-corrected chi connectivity index (χ0v) is 19.8. The van der Waals surface area contributed by atoms with Crippen molar-refractivity contribution in [1.29, 1.82) is 0 Å². The third-order valence-electron chi connectivity index (χ3n) is 5.60. The van der Waals surface area contributed by atoms with Crippen LogP contribution < -0.4 is 0 Å². The summed E-state index contributed by atoms with van der Waals surface area (Å²) in [5.41, 5.74) is 0.580. The molecule has 1 rings (SSSR count). The minimum atomic E-state index is -0.293. The van der Waals surface area contributed by atoms with Crippen LogP contribution in [0.4, 0.5) is 0 Å². The molecule has 174 valence electrons. The number of hydrogen-bond acceptors (Lipinski definition) is 3. The van der Waals surface area contributed by atoms with Gasteiger partial charge in [-0.3, -0.25) is 9.59 Å². The predicted octanol–water partition coefficient (Wildman–Crippen LogP) is 8.23. The van der Waals surface area contributed by atoms with Crippen molar-refractivity contribution in [1.82, 2.24) is 0 Å². The summed E-state index contributed by atoms with van der Waals surface area (Å²) in [7, 11) is 0. The second-order valence-electron chi connectivity index (χ2n) is 8.49. The zero-order valence-electron chi connectivity index (χ0n) is 19.8. The summed E-state index contributed by atoms with van der Waals surface area (Å²) >= 11 is 0. The molecule has 3 heteroatoms. The van der Waals surface area contributed by atoms with Gasteiger partial charge in [0.2, 0.25) is 0 Å². The maximum Gasteiger partial charge on any atom is 0.306 e. The van der Waals surface area contributed by atoms with E-state index < -0.39 is 0 Å². The molecule has 0 spiro atoms. The van der Waals surface area contributed by atoms with E-state index in [1.165, 1.54) is 77.0 Å². The van der Waals surface area contributed by atoms with Gasteiger partial charge >= 0.3 is 5.97 Å². The van der Waals surface area contributed by atoms with Crippen LogP contribution in [0.1, 0.15) is 120 Å². The number of unbranched alkanes of at least 4 members (excludes halogenated alkanes) is 13. The molecule has 0 heterocycles. The van der Waals surface area contributed by atoms with E-state index in [1.54, 1.807) is 24.3 Å². The van der Waals surface area contributed by atoms with Gasteiger partial charge in [-0.2, -0.15) is 0 Å². The van der Waals surface area contributed by atoms with Crippen LogP contribution in [0.3, 0.4) is 0 Å². The lowest BCUT2D eigenvalue weighted by Crippen LogP contribution is -2.13. The number of carbonyl (C=O) groups is 2. The number of benzene rings is 1. The highest BCUT2D eigenvalue weighted by molar-refractivity contribution is 5.97. The van der Waals surface area contributed by atoms with Gasteiger partial charge in [-0.1, -0.05) is 120 Å². The van der Waals surface area contributed by atoms with Gasteiger partial charge < -0.3 is 4.74 Å². The second kappa shape index (κ2) is 20.0. The summed E-state index contributed by atoms with van der Waals surface area (Å²) in [5, 5.41) is 0. The molecule has 0 saturated heterocycles. The van der Waals surface area contributed by atoms with E-state index in [0.29, 0.717) is 12.0 Å². The van der Waals surface area contributed by atoms with E-state index in [4.69, 9.17) is 4.74 Å². The highest BCUT2D eigenvalue weighted by Gasteiger charge is 2.08. The van der Waals surface area contributed by atoms with Gasteiger partial charge in [0.15, 0.2) is 12.4 Å². The lowest BCUT2D eigenvalue weighted by atomic mass is 10.0. The van der Waals surface area contributed by atoms with Crippen LogP contribution in [0.5, 0.6) is 0 Å². The first kappa shape index (κ1) is 27.1. The van der Waals surface area contributed by atoms with E-state index in [9.17, 15) is 9.59 Å². The monoisotopic (exact) mass is 428 g/mol. The Hall–Kier alpha value is -1.90. The molecule has 0 atom stereocenters. The number of ketones is 1. The summed E-state index contributed by atoms with van der Waals surface area (Å²) in [4.78, 5) is 23.6. The van der Waals surface area contributed by atoms with E-state index >= 15 is 0 Å². The molecule has 0 saturated carbocycles. The SMILES string of the molecule is CCCCCCCCCCCCCC/C=C/CCCC(=O)OCC(=O)c1ccccc1. The van der Waals surface area contributed by atoms with E-state index in [0.717, 1.165) is 19.3 Å². The molecule has 1 aromatic rings. The number of allylic oxidation sites excluding steroid dienone is 2. The number of ether oxygens (including phenoxy) is 1. The summed E-state index contributed by atoms with van der Waals surface area (Å²) in [5.74, 6) is -0.449. The van der Waals surface area contributed by atoms with Crippen LogP contribution in [0.15, 0.2) is 42.5 Å². The Balaban J connectivity index is 1.85. The average molecular weight is 429 g/mol. The first-order chi connectivity index (χ1) is 15.2. The number of hydrogen-bond donors (Lipinski definition) is 0. The van der Waals surface area contributed by atoms with Crippen LogP contribution in [0.2, 0.25) is 0 Å². The highest BCUT2D eigenvalue weighted by atomic mass is 16.5. The smallest absolute Gasteiger partial charge is 0.306 e. The second-order valence-corrected chi connectivity index (χ2v) is 8.49. The van der Waals surface area contributed by atoms with Crippen molar-refractivity contribution >= 4 is 11.8 Å². The molecule has 0 aliphatic heterocycles. The lowest BCUT2D eigenvalue weighted by Gasteiger charge is -2.03. The van der Waals surface area contributed by atoms with Crippen LogP contribution in [0.25, 0.3) is 0 Å². The molecule has 0 N–H and O–H groups in total. The van der Waals surface area contributed by atoms with Crippen LogP contribution in [0, 0.1) is 0 Å². The van der Waals surface area contributed by atoms with Crippen molar-refractivity contribution in [3.8, 4) is 0 Å². The molecule has 0 radical (unpaired) electrons. The fraction of sp³-hybridized carbons (Fsp3) is 0.643. The van der Waals surface area contributed by atoms with Crippen molar-refractivity contribution in [3.05, 3.63) is 48.0 Å². The molecule has 0 aromatic heterocycles. The van der Waals surface area contributed by atoms with Gasteiger partial charge in [0, 0.05) is 12.0 Å². The molecule has 0 amide bonds. The first-order valence-electron chi connectivity index (χ1n) is 12.6. The summed E-state index contributed by atoms with van der Waals surface area (Å²) in [6, 6.07) is 8.93.